The number of alkyl halides is 3. The Hall–Kier alpha value is -2.89. The van der Waals surface area contributed by atoms with Crippen LogP contribution in [0.1, 0.15) is 30.5 Å². The molecule has 1 heterocycles. The predicted octanol–water partition coefficient (Wildman–Crippen LogP) is 3.68. The molecule has 1 fully saturated rings. The summed E-state index contributed by atoms with van der Waals surface area (Å²) in [7, 11) is 0. The number of nitrogens with one attached hydrogen (secondary N) is 1. The molecule has 0 amide bonds. The van der Waals surface area contributed by atoms with E-state index in [0.717, 1.165) is 25.0 Å². The van der Waals surface area contributed by atoms with E-state index in [1.54, 1.807) is 6.92 Å². The molecule has 3 rings (SSSR count). The maximum atomic E-state index is 12.7. The number of phenols is 1. The van der Waals surface area contributed by atoms with Crippen LogP contribution in [0.4, 0.5) is 19.1 Å². The van der Waals surface area contributed by atoms with Crippen LogP contribution in [-0.2, 0) is 6.18 Å². The molecule has 1 aliphatic carbocycles. The summed E-state index contributed by atoms with van der Waals surface area (Å²) in [5, 5.41) is 30.0. The predicted molar refractivity (Wildman–Crippen MR) is 87.0 cm³/mol. The van der Waals surface area contributed by atoms with Gasteiger partial charge in [0.05, 0.1) is 17.3 Å². The van der Waals surface area contributed by atoms with Gasteiger partial charge in [-0.3, -0.25) is 0 Å². The van der Waals surface area contributed by atoms with Gasteiger partial charge in [0, 0.05) is 17.5 Å². The molecular weight excluding hydrogens is 347 g/mol. The van der Waals surface area contributed by atoms with Gasteiger partial charge in [-0.15, -0.1) is 10.2 Å². The Kier molecular flexibility index (Phi) is 4.68. The fourth-order valence-electron chi connectivity index (χ4n) is 3.03. The van der Waals surface area contributed by atoms with Gasteiger partial charge in [0.1, 0.15) is 11.4 Å². The summed E-state index contributed by atoms with van der Waals surface area (Å²) in [5.74, 6) is -0.224. The lowest BCUT2D eigenvalue weighted by atomic mass is 10.1. The van der Waals surface area contributed by atoms with Crippen LogP contribution >= 0.6 is 0 Å². The van der Waals surface area contributed by atoms with Crippen LogP contribution < -0.4 is 5.32 Å². The average Bonchev–Trinajstić information content (AvgIpc) is 3.02. The zero-order valence-corrected chi connectivity index (χ0v) is 13.9. The van der Waals surface area contributed by atoms with Crippen molar-refractivity contribution < 1.29 is 18.3 Å². The van der Waals surface area contributed by atoms with Crippen LogP contribution in [-0.4, -0.2) is 26.3 Å². The van der Waals surface area contributed by atoms with Gasteiger partial charge < -0.3 is 10.4 Å². The number of halogens is 3. The summed E-state index contributed by atoms with van der Waals surface area (Å²) in [4.78, 5) is 4.28. The molecule has 9 heteroatoms. The SMILES string of the molecule is Cc1nc(N[C@@H]2CC[C@@H](C#N)C2)nnc1-c1ccc(C(F)(F)F)cc1O. The monoisotopic (exact) mass is 363 g/mol. The fraction of sp³-hybridized carbons (Fsp3) is 0.412. The van der Waals surface area contributed by atoms with E-state index in [4.69, 9.17) is 5.26 Å². The Balaban J connectivity index is 1.81. The van der Waals surface area contributed by atoms with Crippen molar-refractivity contribution in [1.82, 2.24) is 15.2 Å². The number of hydrogen-bond acceptors (Lipinski definition) is 6. The molecule has 0 aliphatic heterocycles. The Labute approximate surface area is 147 Å². The van der Waals surface area contributed by atoms with Crippen molar-refractivity contribution in [3.05, 3.63) is 29.5 Å². The maximum Gasteiger partial charge on any atom is 0.416 e. The minimum absolute atomic E-state index is 0.0184. The van der Waals surface area contributed by atoms with Gasteiger partial charge in [0.15, 0.2) is 0 Å². The van der Waals surface area contributed by atoms with Gasteiger partial charge in [-0.25, -0.2) is 4.98 Å². The molecule has 1 aliphatic rings. The second-order valence-corrected chi connectivity index (χ2v) is 6.28. The van der Waals surface area contributed by atoms with E-state index in [0.29, 0.717) is 24.1 Å². The van der Waals surface area contributed by atoms with Crippen molar-refractivity contribution in [2.45, 2.75) is 38.4 Å². The minimum atomic E-state index is -4.54. The van der Waals surface area contributed by atoms with Gasteiger partial charge in [-0.05, 0) is 44.4 Å². The zero-order valence-electron chi connectivity index (χ0n) is 13.9. The lowest BCUT2D eigenvalue weighted by Gasteiger charge is -2.13. The van der Waals surface area contributed by atoms with Crippen molar-refractivity contribution in [2.75, 3.05) is 5.32 Å². The molecule has 1 aromatic heterocycles. The quantitative estimate of drug-likeness (QED) is 0.864. The second-order valence-electron chi connectivity index (χ2n) is 6.28. The molecule has 2 atom stereocenters. The molecule has 1 aromatic carbocycles. The zero-order chi connectivity index (χ0) is 18.9. The Morgan fingerprint density at radius 2 is 2.04 bits per heavy atom. The first-order chi connectivity index (χ1) is 12.3. The number of aromatic nitrogens is 3. The second kappa shape index (κ2) is 6.78. The molecule has 6 nitrogen and oxygen atoms in total. The number of rotatable bonds is 3. The van der Waals surface area contributed by atoms with Gasteiger partial charge in [-0.1, -0.05) is 0 Å². The highest BCUT2D eigenvalue weighted by molar-refractivity contribution is 5.69. The number of nitrogens with zero attached hydrogens (tertiary/aromatic N) is 4. The standard InChI is InChI=1S/C17H16F3N5O/c1-9-15(13-5-3-11(7-14(13)26)17(18,19)20)24-25-16(22-9)23-12-4-2-10(6-12)8-21/h3,5,7,10,12,26H,2,4,6H2,1H3,(H,22,23,25)/t10-,12-/m1/s1. The normalized spacial score (nSPS) is 20.0. The molecule has 0 unspecified atom stereocenters. The summed E-state index contributed by atoms with van der Waals surface area (Å²) in [6.45, 7) is 1.64. The van der Waals surface area contributed by atoms with Crippen LogP contribution in [0.2, 0.25) is 0 Å². The molecule has 2 aromatic rings. The Morgan fingerprint density at radius 1 is 1.27 bits per heavy atom. The lowest BCUT2D eigenvalue weighted by molar-refractivity contribution is -0.137. The Morgan fingerprint density at radius 3 is 2.62 bits per heavy atom. The molecular formula is C17H16F3N5O. The summed E-state index contributed by atoms with van der Waals surface area (Å²) < 4.78 is 38.1. The van der Waals surface area contributed by atoms with Crippen LogP contribution in [0.15, 0.2) is 18.2 Å². The van der Waals surface area contributed by atoms with E-state index in [-0.39, 0.29) is 23.2 Å². The molecule has 136 valence electrons. The van der Waals surface area contributed by atoms with Gasteiger partial charge in [0.2, 0.25) is 5.95 Å². The smallest absolute Gasteiger partial charge is 0.416 e. The number of nitriles is 1. The van der Waals surface area contributed by atoms with Gasteiger partial charge in [0.25, 0.3) is 0 Å². The first kappa shape index (κ1) is 17.9. The maximum absolute atomic E-state index is 12.7. The third-order valence-electron chi connectivity index (χ3n) is 4.39. The van der Waals surface area contributed by atoms with Crippen LogP contribution in [0.5, 0.6) is 5.75 Å². The summed E-state index contributed by atoms with van der Waals surface area (Å²) in [6.07, 6.45) is -2.17. The molecule has 0 saturated heterocycles. The molecule has 0 bridgehead atoms. The largest absolute Gasteiger partial charge is 0.507 e. The average molecular weight is 363 g/mol. The van der Waals surface area contributed by atoms with Crippen molar-refractivity contribution in [3.63, 3.8) is 0 Å². The van der Waals surface area contributed by atoms with Crippen molar-refractivity contribution in [1.29, 1.82) is 5.26 Å². The Bertz CT molecular complexity index is 862. The first-order valence-corrected chi connectivity index (χ1v) is 8.06. The van der Waals surface area contributed by atoms with Crippen LogP contribution in [0.3, 0.4) is 0 Å². The highest BCUT2D eigenvalue weighted by Gasteiger charge is 2.31. The number of benzene rings is 1. The molecule has 2 N–H and O–H groups in total. The molecule has 0 spiro atoms. The van der Waals surface area contributed by atoms with Crippen molar-refractivity contribution in [2.24, 2.45) is 5.92 Å². The molecule has 1 saturated carbocycles. The minimum Gasteiger partial charge on any atom is -0.507 e. The fourth-order valence-corrected chi connectivity index (χ4v) is 3.03. The summed E-state index contributed by atoms with van der Waals surface area (Å²) in [6, 6.07) is 5.01. The first-order valence-electron chi connectivity index (χ1n) is 8.06. The van der Waals surface area contributed by atoms with E-state index in [9.17, 15) is 18.3 Å². The summed E-state index contributed by atoms with van der Waals surface area (Å²) >= 11 is 0. The third-order valence-corrected chi connectivity index (χ3v) is 4.39. The van der Waals surface area contributed by atoms with E-state index in [1.165, 1.54) is 0 Å². The topological polar surface area (TPSA) is 94.7 Å². The van der Waals surface area contributed by atoms with E-state index in [1.807, 2.05) is 0 Å². The van der Waals surface area contributed by atoms with Gasteiger partial charge in [-0.2, -0.15) is 18.4 Å². The third kappa shape index (κ3) is 3.69. The van der Waals surface area contributed by atoms with Crippen molar-refractivity contribution >= 4 is 5.95 Å². The number of hydrogen-bond donors (Lipinski definition) is 2. The van der Waals surface area contributed by atoms with Crippen LogP contribution in [0, 0.1) is 24.2 Å². The highest BCUT2D eigenvalue weighted by atomic mass is 19.4. The number of anilines is 1. The number of aromatic hydroxyl groups is 1. The lowest BCUT2D eigenvalue weighted by Crippen LogP contribution is -2.18. The van der Waals surface area contributed by atoms with E-state index < -0.39 is 17.5 Å². The van der Waals surface area contributed by atoms with E-state index >= 15 is 0 Å². The highest BCUT2D eigenvalue weighted by Crippen LogP contribution is 2.36. The molecule has 26 heavy (non-hydrogen) atoms. The van der Waals surface area contributed by atoms with Gasteiger partial charge >= 0.3 is 6.18 Å². The number of phenolic OH excluding ortho intramolecular Hbond substituents is 1. The van der Waals surface area contributed by atoms with Crippen molar-refractivity contribution in [3.8, 4) is 23.1 Å². The van der Waals surface area contributed by atoms with E-state index in [2.05, 4.69) is 26.6 Å². The molecule has 0 radical (unpaired) electrons. The van der Waals surface area contributed by atoms with Crippen LogP contribution in [0.25, 0.3) is 11.3 Å². The number of aryl methyl sites for hydroxylation is 1. The summed E-state index contributed by atoms with van der Waals surface area (Å²) in [5.41, 5.74) is -0.174.